The van der Waals surface area contributed by atoms with Gasteiger partial charge in [0.1, 0.15) is 0 Å². The minimum Gasteiger partial charge on any atom is -0.383 e. The van der Waals surface area contributed by atoms with Gasteiger partial charge in [-0.25, -0.2) is 0 Å². The van der Waals surface area contributed by atoms with Crippen LogP contribution < -0.4 is 5.32 Å². The minimum atomic E-state index is 0.314. The van der Waals surface area contributed by atoms with Crippen molar-refractivity contribution < 1.29 is 4.74 Å². The highest BCUT2D eigenvalue weighted by Crippen LogP contribution is 2.34. The lowest BCUT2D eigenvalue weighted by Crippen LogP contribution is -2.36. The average molecular weight is 254 g/mol. The van der Waals surface area contributed by atoms with Crippen molar-refractivity contribution in [1.82, 2.24) is 5.32 Å². The number of rotatable bonds is 6. The van der Waals surface area contributed by atoms with Gasteiger partial charge in [-0.3, -0.25) is 0 Å². The Morgan fingerprint density at radius 3 is 2.82 bits per heavy atom. The van der Waals surface area contributed by atoms with Crippen LogP contribution in [0, 0.1) is 5.92 Å². The van der Waals surface area contributed by atoms with Gasteiger partial charge in [0.25, 0.3) is 0 Å². The molecule has 1 unspecified atom stereocenters. The van der Waals surface area contributed by atoms with Gasteiger partial charge in [-0.05, 0) is 43.4 Å². The first kappa shape index (κ1) is 12.9. The number of ether oxygens (including phenoxy) is 1. The first-order valence-electron chi connectivity index (χ1n) is 6.21. The summed E-state index contributed by atoms with van der Waals surface area (Å²) in [7, 11) is 1.76. The zero-order valence-electron chi connectivity index (χ0n) is 10.4. The molecule has 0 amide bonds. The summed E-state index contributed by atoms with van der Waals surface area (Å²) in [6, 6.07) is 8.82. The van der Waals surface area contributed by atoms with Crippen LogP contribution in [0.2, 0.25) is 5.02 Å². The third kappa shape index (κ3) is 3.70. The third-order valence-corrected chi connectivity index (χ3v) is 3.59. The smallest absolute Gasteiger partial charge is 0.0618 e. The van der Waals surface area contributed by atoms with Crippen LogP contribution in [0.15, 0.2) is 24.3 Å². The lowest BCUT2D eigenvalue weighted by molar-refractivity contribution is 0.152. The normalized spacial score (nSPS) is 19.0. The highest BCUT2D eigenvalue weighted by atomic mass is 35.5. The zero-order chi connectivity index (χ0) is 12.3. The van der Waals surface area contributed by atoms with Gasteiger partial charge < -0.3 is 10.1 Å². The molecule has 0 radical (unpaired) electrons. The van der Waals surface area contributed by atoms with Crippen molar-refractivity contribution in [2.45, 2.75) is 31.8 Å². The molecule has 0 heterocycles. The fourth-order valence-electron chi connectivity index (χ4n) is 2.19. The summed E-state index contributed by atoms with van der Waals surface area (Å²) < 4.78 is 5.28. The Labute approximate surface area is 108 Å². The average Bonchev–Trinajstić information content (AvgIpc) is 3.12. The molecule has 1 saturated carbocycles. The maximum absolute atomic E-state index is 6.01. The molecule has 17 heavy (non-hydrogen) atoms. The summed E-state index contributed by atoms with van der Waals surface area (Å²) in [5, 5.41) is 4.44. The highest BCUT2D eigenvalue weighted by molar-refractivity contribution is 6.30. The SMILES string of the molecule is COCC(N[C@H](C)c1cccc(Cl)c1)C1CC1. The number of hydrogen-bond acceptors (Lipinski definition) is 2. The van der Waals surface area contributed by atoms with Crippen LogP contribution in [0.25, 0.3) is 0 Å². The van der Waals surface area contributed by atoms with Crippen LogP contribution in [-0.4, -0.2) is 19.8 Å². The van der Waals surface area contributed by atoms with Crippen molar-refractivity contribution in [3.05, 3.63) is 34.9 Å². The second-order valence-corrected chi connectivity index (χ2v) is 5.28. The van der Waals surface area contributed by atoms with Crippen LogP contribution in [0.1, 0.15) is 31.4 Å². The lowest BCUT2D eigenvalue weighted by Gasteiger charge is -2.23. The second-order valence-electron chi connectivity index (χ2n) is 4.84. The Morgan fingerprint density at radius 1 is 1.47 bits per heavy atom. The van der Waals surface area contributed by atoms with Crippen molar-refractivity contribution >= 4 is 11.6 Å². The third-order valence-electron chi connectivity index (χ3n) is 3.35. The maximum Gasteiger partial charge on any atom is 0.0618 e. The molecule has 1 aliphatic rings. The van der Waals surface area contributed by atoms with Crippen LogP contribution in [0.5, 0.6) is 0 Å². The highest BCUT2D eigenvalue weighted by Gasteiger charge is 2.31. The van der Waals surface area contributed by atoms with E-state index in [9.17, 15) is 0 Å². The molecule has 0 aromatic heterocycles. The van der Waals surface area contributed by atoms with Crippen molar-refractivity contribution in [2.24, 2.45) is 5.92 Å². The van der Waals surface area contributed by atoms with E-state index < -0.39 is 0 Å². The number of halogens is 1. The molecule has 1 fully saturated rings. The topological polar surface area (TPSA) is 21.3 Å². The van der Waals surface area contributed by atoms with Gasteiger partial charge in [-0.15, -0.1) is 0 Å². The quantitative estimate of drug-likeness (QED) is 0.839. The van der Waals surface area contributed by atoms with E-state index in [0.29, 0.717) is 12.1 Å². The summed E-state index contributed by atoms with van der Waals surface area (Å²) in [4.78, 5) is 0. The van der Waals surface area contributed by atoms with Crippen molar-refractivity contribution in [2.75, 3.05) is 13.7 Å². The summed E-state index contributed by atoms with van der Waals surface area (Å²) in [5.41, 5.74) is 1.24. The van der Waals surface area contributed by atoms with E-state index in [2.05, 4.69) is 18.3 Å². The first-order valence-corrected chi connectivity index (χ1v) is 6.59. The number of methoxy groups -OCH3 is 1. The van der Waals surface area contributed by atoms with Gasteiger partial charge in [0.05, 0.1) is 6.61 Å². The van der Waals surface area contributed by atoms with Crippen LogP contribution in [0.4, 0.5) is 0 Å². The van der Waals surface area contributed by atoms with E-state index in [-0.39, 0.29) is 0 Å². The largest absolute Gasteiger partial charge is 0.383 e. The fourth-order valence-corrected chi connectivity index (χ4v) is 2.39. The second kappa shape index (κ2) is 5.85. The van der Waals surface area contributed by atoms with E-state index in [1.807, 2.05) is 18.2 Å². The van der Waals surface area contributed by atoms with Gasteiger partial charge in [0.15, 0.2) is 0 Å². The van der Waals surface area contributed by atoms with Gasteiger partial charge in [0.2, 0.25) is 0 Å². The van der Waals surface area contributed by atoms with E-state index >= 15 is 0 Å². The van der Waals surface area contributed by atoms with Crippen molar-refractivity contribution in [1.29, 1.82) is 0 Å². The van der Waals surface area contributed by atoms with Gasteiger partial charge in [0, 0.05) is 24.2 Å². The number of benzene rings is 1. The number of nitrogens with one attached hydrogen (secondary N) is 1. The van der Waals surface area contributed by atoms with Crippen molar-refractivity contribution in [3.63, 3.8) is 0 Å². The fraction of sp³-hybridized carbons (Fsp3) is 0.571. The van der Waals surface area contributed by atoms with Gasteiger partial charge >= 0.3 is 0 Å². The molecule has 3 heteroatoms. The van der Waals surface area contributed by atoms with E-state index in [1.54, 1.807) is 7.11 Å². The Hall–Kier alpha value is -0.570. The standard InChI is InChI=1S/C14H20ClNO/c1-10(12-4-3-5-13(15)8-12)16-14(9-17-2)11-6-7-11/h3-5,8,10-11,14,16H,6-7,9H2,1-2H3/t10-,14?/m1/s1. The Morgan fingerprint density at radius 2 is 2.24 bits per heavy atom. The summed E-state index contributed by atoms with van der Waals surface area (Å²) >= 11 is 6.01. The Kier molecular flexibility index (Phi) is 4.43. The Bertz CT molecular complexity index is 365. The maximum atomic E-state index is 6.01. The summed E-state index contributed by atoms with van der Waals surface area (Å²) in [6.45, 7) is 2.96. The monoisotopic (exact) mass is 253 g/mol. The predicted molar refractivity (Wildman–Crippen MR) is 71.4 cm³/mol. The molecule has 1 N–H and O–H groups in total. The van der Waals surface area contributed by atoms with Gasteiger partial charge in [-0.1, -0.05) is 23.7 Å². The first-order chi connectivity index (χ1) is 8.20. The molecular weight excluding hydrogens is 234 g/mol. The molecule has 94 valence electrons. The molecule has 1 aromatic rings. The van der Waals surface area contributed by atoms with E-state index in [4.69, 9.17) is 16.3 Å². The van der Waals surface area contributed by atoms with Crippen molar-refractivity contribution in [3.8, 4) is 0 Å². The molecule has 2 atom stereocenters. The van der Waals surface area contributed by atoms with Crippen LogP contribution >= 0.6 is 11.6 Å². The molecular formula is C14H20ClNO. The molecule has 2 nitrogen and oxygen atoms in total. The van der Waals surface area contributed by atoms with E-state index in [1.165, 1.54) is 18.4 Å². The lowest BCUT2D eigenvalue weighted by atomic mass is 10.1. The predicted octanol–water partition coefficient (Wildman–Crippen LogP) is 3.42. The summed E-state index contributed by atoms with van der Waals surface area (Å²) in [6.07, 6.45) is 2.65. The molecule has 2 rings (SSSR count). The van der Waals surface area contributed by atoms with Gasteiger partial charge in [-0.2, -0.15) is 0 Å². The van der Waals surface area contributed by atoms with E-state index in [0.717, 1.165) is 17.5 Å². The minimum absolute atomic E-state index is 0.314. The molecule has 0 spiro atoms. The summed E-state index contributed by atoms with van der Waals surface area (Å²) in [5.74, 6) is 0.789. The molecule has 1 aliphatic carbocycles. The van der Waals surface area contributed by atoms with Crippen LogP contribution in [0.3, 0.4) is 0 Å². The molecule has 0 aliphatic heterocycles. The molecule has 0 bridgehead atoms. The molecule has 1 aromatic carbocycles. The van der Waals surface area contributed by atoms with Crippen LogP contribution in [-0.2, 0) is 4.74 Å². The Balaban J connectivity index is 1.96. The number of hydrogen-bond donors (Lipinski definition) is 1. The zero-order valence-corrected chi connectivity index (χ0v) is 11.2. The molecule has 0 saturated heterocycles.